The van der Waals surface area contributed by atoms with Gasteiger partial charge in [0.15, 0.2) is 0 Å². The molecule has 0 aliphatic rings. The lowest BCUT2D eigenvalue weighted by Crippen LogP contribution is -2.30. The van der Waals surface area contributed by atoms with Gasteiger partial charge in [0, 0.05) is 6.54 Å². The Morgan fingerprint density at radius 1 is 1.10 bits per heavy atom. The van der Waals surface area contributed by atoms with Crippen LogP contribution in [0, 0.1) is 5.41 Å². The van der Waals surface area contributed by atoms with Crippen LogP contribution < -0.4 is 5.32 Å². The van der Waals surface area contributed by atoms with Crippen LogP contribution in [0.4, 0.5) is 0 Å². The molecule has 1 nitrogen and oxygen atoms in total. The summed E-state index contributed by atoms with van der Waals surface area (Å²) in [7, 11) is 0. The Morgan fingerprint density at radius 3 is 2.30 bits per heavy atom. The van der Waals surface area contributed by atoms with E-state index in [9.17, 15) is 0 Å². The molecule has 1 N–H and O–H groups in total. The fourth-order valence-corrected chi connectivity index (χ4v) is 2.42. The number of benzene rings is 1. The molecule has 1 aromatic carbocycles. The number of hydrogen-bond acceptors (Lipinski definition) is 1. The first-order valence-electron chi connectivity index (χ1n) is 8.28. The minimum Gasteiger partial charge on any atom is -0.316 e. The van der Waals surface area contributed by atoms with Gasteiger partial charge in [-0.1, -0.05) is 58.9 Å². The van der Waals surface area contributed by atoms with Crippen molar-refractivity contribution in [3.63, 3.8) is 0 Å². The van der Waals surface area contributed by atoms with Crippen molar-refractivity contribution in [2.45, 2.75) is 66.2 Å². The molecule has 0 aliphatic heterocycles. The van der Waals surface area contributed by atoms with E-state index in [-0.39, 0.29) is 0 Å². The average molecular weight is 275 g/mol. The van der Waals surface area contributed by atoms with Crippen LogP contribution in [-0.4, -0.2) is 13.1 Å². The van der Waals surface area contributed by atoms with Crippen LogP contribution in [0.2, 0.25) is 0 Å². The summed E-state index contributed by atoms with van der Waals surface area (Å²) in [5, 5.41) is 3.54. The minimum atomic E-state index is 0.380. The minimum absolute atomic E-state index is 0.380. The Hall–Kier alpha value is -0.820. The molecule has 0 amide bonds. The highest BCUT2D eigenvalue weighted by atomic mass is 14.9. The molecule has 1 heteroatoms. The van der Waals surface area contributed by atoms with E-state index in [1.807, 2.05) is 0 Å². The van der Waals surface area contributed by atoms with Crippen LogP contribution in [0.3, 0.4) is 0 Å². The topological polar surface area (TPSA) is 12.0 Å². The van der Waals surface area contributed by atoms with E-state index in [0.717, 1.165) is 13.1 Å². The van der Waals surface area contributed by atoms with Crippen LogP contribution >= 0.6 is 0 Å². The SMILES string of the molecule is CCCNCC(C)(C)CCc1ccc(C(C)CC)cc1. The summed E-state index contributed by atoms with van der Waals surface area (Å²) in [6.45, 7) is 13.8. The lowest BCUT2D eigenvalue weighted by Gasteiger charge is -2.25. The van der Waals surface area contributed by atoms with Gasteiger partial charge in [0.25, 0.3) is 0 Å². The molecule has 20 heavy (non-hydrogen) atoms. The molecule has 0 saturated heterocycles. The van der Waals surface area contributed by atoms with Gasteiger partial charge in [-0.05, 0) is 54.7 Å². The van der Waals surface area contributed by atoms with E-state index < -0.39 is 0 Å². The maximum Gasteiger partial charge on any atom is 0.000263 e. The summed E-state index contributed by atoms with van der Waals surface area (Å²) in [4.78, 5) is 0. The van der Waals surface area contributed by atoms with Crippen LogP contribution in [0.1, 0.15) is 70.9 Å². The first-order valence-corrected chi connectivity index (χ1v) is 8.28. The second-order valence-electron chi connectivity index (χ2n) is 6.89. The number of aryl methyl sites for hydroxylation is 1. The molecule has 0 aromatic heterocycles. The second kappa shape index (κ2) is 8.46. The highest BCUT2D eigenvalue weighted by molar-refractivity contribution is 5.25. The molecule has 0 fully saturated rings. The predicted molar refractivity (Wildman–Crippen MR) is 90.4 cm³/mol. The molecular formula is C19H33N. The molecule has 0 spiro atoms. The fraction of sp³-hybridized carbons (Fsp3) is 0.684. The highest BCUT2D eigenvalue weighted by Crippen LogP contribution is 2.23. The first-order chi connectivity index (χ1) is 9.48. The summed E-state index contributed by atoms with van der Waals surface area (Å²) < 4.78 is 0. The van der Waals surface area contributed by atoms with Gasteiger partial charge in [0.05, 0.1) is 0 Å². The van der Waals surface area contributed by atoms with E-state index in [2.05, 4.69) is 64.2 Å². The zero-order chi connectivity index (χ0) is 15.0. The van der Waals surface area contributed by atoms with Crippen molar-refractivity contribution in [3.05, 3.63) is 35.4 Å². The molecule has 1 aromatic rings. The standard InChI is InChI=1S/C19H33N/c1-6-14-20-15-19(4,5)13-12-17-8-10-18(11-9-17)16(3)7-2/h8-11,16,20H,6-7,12-15H2,1-5H3. The summed E-state index contributed by atoms with van der Waals surface area (Å²) >= 11 is 0. The fourth-order valence-electron chi connectivity index (χ4n) is 2.42. The lowest BCUT2D eigenvalue weighted by molar-refractivity contribution is 0.315. The van der Waals surface area contributed by atoms with Crippen molar-refractivity contribution in [2.24, 2.45) is 5.41 Å². The van der Waals surface area contributed by atoms with E-state index in [4.69, 9.17) is 0 Å². The molecule has 0 bridgehead atoms. The third kappa shape index (κ3) is 6.09. The van der Waals surface area contributed by atoms with Gasteiger partial charge in [-0.3, -0.25) is 0 Å². The summed E-state index contributed by atoms with van der Waals surface area (Å²) in [5.41, 5.74) is 3.32. The molecule has 0 aliphatic carbocycles. The maximum atomic E-state index is 3.54. The average Bonchev–Trinajstić information content (AvgIpc) is 2.45. The van der Waals surface area contributed by atoms with Crippen molar-refractivity contribution >= 4 is 0 Å². The summed E-state index contributed by atoms with van der Waals surface area (Å²) in [5.74, 6) is 0.679. The van der Waals surface area contributed by atoms with Gasteiger partial charge >= 0.3 is 0 Å². The molecule has 1 rings (SSSR count). The quantitative estimate of drug-likeness (QED) is 0.614. The molecule has 0 radical (unpaired) electrons. The van der Waals surface area contributed by atoms with Crippen LogP contribution in [0.15, 0.2) is 24.3 Å². The molecule has 1 unspecified atom stereocenters. The van der Waals surface area contributed by atoms with Crippen molar-refractivity contribution < 1.29 is 0 Å². The summed E-state index contributed by atoms with van der Waals surface area (Å²) in [6.07, 6.45) is 4.86. The maximum absolute atomic E-state index is 3.54. The predicted octanol–water partition coefficient (Wildman–Crippen LogP) is 5.16. The van der Waals surface area contributed by atoms with Crippen molar-refractivity contribution in [1.82, 2.24) is 5.32 Å². The normalized spacial score (nSPS) is 13.4. The molecular weight excluding hydrogens is 242 g/mol. The third-order valence-corrected chi connectivity index (χ3v) is 4.28. The van der Waals surface area contributed by atoms with E-state index in [1.54, 1.807) is 0 Å². The van der Waals surface area contributed by atoms with Gasteiger partial charge in [0.2, 0.25) is 0 Å². The first kappa shape index (κ1) is 17.2. The van der Waals surface area contributed by atoms with E-state index >= 15 is 0 Å². The van der Waals surface area contributed by atoms with Gasteiger partial charge in [-0.2, -0.15) is 0 Å². The Morgan fingerprint density at radius 2 is 1.75 bits per heavy atom. The lowest BCUT2D eigenvalue weighted by atomic mass is 9.85. The van der Waals surface area contributed by atoms with Gasteiger partial charge in [-0.15, -0.1) is 0 Å². The number of rotatable bonds is 9. The van der Waals surface area contributed by atoms with E-state index in [1.165, 1.54) is 36.8 Å². The largest absolute Gasteiger partial charge is 0.316 e. The number of hydrogen-bond donors (Lipinski definition) is 1. The van der Waals surface area contributed by atoms with Crippen LogP contribution in [0.25, 0.3) is 0 Å². The van der Waals surface area contributed by atoms with Gasteiger partial charge < -0.3 is 5.32 Å². The monoisotopic (exact) mass is 275 g/mol. The Bertz CT molecular complexity index is 364. The molecule has 114 valence electrons. The van der Waals surface area contributed by atoms with Crippen LogP contribution in [-0.2, 0) is 6.42 Å². The molecule has 0 saturated carbocycles. The van der Waals surface area contributed by atoms with Crippen molar-refractivity contribution in [1.29, 1.82) is 0 Å². The van der Waals surface area contributed by atoms with Crippen LogP contribution in [0.5, 0.6) is 0 Å². The molecule has 1 atom stereocenters. The summed E-state index contributed by atoms with van der Waals surface area (Å²) in [6, 6.07) is 9.26. The Kier molecular flexibility index (Phi) is 7.29. The highest BCUT2D eigenvalue weighted by Gasteiger charge is 2.17. The zero-order valence-corrected chi connectivity index (χ0v) is 14.1. The van der Waals surface area contributed by atoms with Crippen molar-refractivity contribution in [3.8, 4) is 0 Å². The Labute approximate surface area is 126 Å². The second-order valence-corrected chi connectivity index (χ2v) is 6.89. The van der Waals surface area contributed by atoms with Gasteiger partial charge in [-0.25, -0.2) is 0 Å². The Balaban J connectivity index is 2.44. The van der Waals surface area contributed by atoms with E-state index in [0.29, 0.717) is 11.3 Å². The smallest absolute Gasteiger partial charge is 0.000263 e. The van der Waals surface area contributed by atoms with Gasteiger partial charge in [0.1, 0.15) is 0 Å². The molecule has 0 heterocycles. The number of nitrogens with one attached hydrogen (secondary N) is 1. The zero-order valence-electron chi connectivity index (χ0n) is 14.1. The third-order valence-electron chi connectivity index (χ3n) is 4.28. The van der Waals surface area contributed by atoms with Crippen molar-refractivity contribution in [2.75, 3.05) is 13.1 Å².